The second-order valence-corrected chi connectivity index (χ2v) is 3.98. The molecule has 0 amide bonds. The summed E-state index contributed by atoms with van der Waals surface area (Å²) in [5.74, 6) is 1.52. The van der Waals surface area contributed by atoms with Crippen molar-refractivity contribution in [3.8, 4) is 5.75 Å². The molecule has 4 heteroatoms. The molecule has 2 aromatic rings. The van der Waals surface area contributed by atoms with E-state index in [0.29, 0.717) is 12.4 Å². The molecule has 0 aliphatic carbocycles. The normalized spacial score (nSPS) is 10.5. The number of nitrogens with zero attached hydrogens (tertiary/aromatic N) is 2. The zero-order chi connectivity index (χ0) is 12.3. The van der Waals surface area contributed by atoms with Gasteiger partial charge in [-0.3, -0.25) is 4.68 Å². The molecule has 0 aliphatic rings. The van der Waals surface area contributed by atoms with Crippen LogP contribution in [0, 0.1) is 6.92 Å². The number of rotatable bonds is 4. The first-order valence-electron chi connectivity index (χ1n) is 5.70. The zero-order valence-corrected chi connectivity index (χ0v) is 10.2. The number of hydrogen-bond acceptors (Lipinski definition) is 3. The Morgan fingerprint density at radius 1 is 1.29 bits per heavy atom. The average molecular weight is 231 g/mol. The fourth-order valence-corrected chi connectivity index (χ4v) is 1.60. The maximum absolute atomic E-state index is 5.79. The quantitative estimate of drug-likeness (QED) is 0.878. The van der Waals surface area contributed by atoms with Crippen molar-refractivity contribution in [1.82, 2.24) is 9.78 Å². The molecule has 2 N–H and O–H groups in total. The topological polar surface area (TPSA) is 53.1 Å². The molecule has 0 radical (unpaired) electrons. The summed E-state index contributed by atoms with van der Waals surface area (Å²) in [6.07, 6.45) is 0. The molecule has 4 nitrogen and oxygen atoms in total. The molecule has 0 fully saturated rings. The largest absolute Gasteiger partial charge is 0.487 e. The predicted molar refractivity (Wildman–Crippen MR) is 67.8 cm³/mol. The van der Waals surface area contributed by atoms with E-state index in [4.69, 9.17) is 10.5 Å². The Bertz CT molecular complexity index is 488. The van der Waals surface area contributed by atoms with Crippen LogP contribution in [0.3, 0.4) is 0 Å². The minimum atomic E-state index is 0.445. The SMILES string of the molecule is CCn1nc(COc2ccc(C)cc2)cc1N. The summed E-state index contributed by atoms with van der Waals surface area (Å²) >= 11 is 0. The van der Waals surface area contributed by atoms with E-state index in [1.54, 1.807) is 4.68 Å². The van der Waals surface area contributed by atoms with E-state index in [1.807, 2.05) is 44.2 Å². The highest BCUT2D eigenvalue weighted by atomic mass is 16.5. The first-order valence-corrected chi connectivity index (χ1v) is 5.70. The molecule has 0 saturated heterocycles. The highest BCUT2D eigenvalue weighted by Crippen LogP contribution is 2.14. The van der Waals surface area contributed by atoms with E-state index in [9.17, 15) is 0 Å². The van der Waals surface area contributed by atoms with Crippen molar-refractivity contribution in [2.45, 2.75) is 27.0 Å². The molecule has 0 saturated carbocycles. The van der Waals surface area contributed by atoms with Gasteiger partial charge in [0.05, 0.1) is 0 Å². The minimum absolute atomic E-state index is 0.445. The van der Waals surface area contributed by atoms with E-state index in [1.165, 1.54) is 5.56 Å². The van der Waals surface area contributed by atoms with Crippen LogP contribution in [0.25, 0.3) is 0 Å². The van der Waals surface area contributed by atoms with Crippen molar-refractivity contribution in [1.29, 1.82) is 0 Å². The van der Waals surface area contributed by atoms with Gasteiger partial charge in [0.15, 0.2) is 0 Å². The van der Waals surface area contributed by atoms with Crippen LogP contribution in [-0.4, -0.2) is 9.78 Å². The van der Waals surface area contributed by atoms with Gasteiger partial charge < -0.3 is 10.5 Å². The highest BCUT2D eigenvalue weighted by Gasteiger charge is 2.04. The second kappa shape index (κ2) is 4.91. The molecule has 0 unspecified atom stereocenters. The molecular formula is C13H17N3O. The summed E-state index contributed by atoms with van der Waals surface area (Å²) in [5, 5.41) is 4.33. The summed E-state index contributed by atoms with van der Waals surface area (Å²) in [4.78, 5) is 0. The molecule has 1 aromatic carbocycles. The Morgan fingerprint density at radius 2 is 2.00 bits per heavy atom. The van der Waals surface area contributed by atoms with Gasteiger partial charge in [0.1, 0.15) is 23.9 Å². The van der Waals surface area contributed by atoms with Gasteiger partial charge >= 0.3 is 0 Å². The Hall–Kier alpha value is -1.97. The maximum Gasteiger partial charge on any atom is 0.132 e. The van der Waals surface area contributed by atoms with Crippen LogP contribution in [-0.2, 0) is 13.2 Å². The van der Waals surface area contributed by atoms with Crippen molar-refractivity contribution in [2.75, 3.05) is 5.73 Å². The second-order valence-electron chi connectivity index (χ2n) is 3.98. The van der Waals surface area contributed by atoms with Crippen LogP contribution >= 0.6 is 0 Å². The number of ether oxygens (including phenoxy) is 1. The summed E-state index contributed by atoms with van der Waals surface area (Å²) in [7, 11) is 0. The summed E-state index contributed by atoms with van der Waals surface area (Å²) < 4.78 is 7.39. The Kier molecular flexibility index (Phi) is 3.32. The van der Waals surface area contributed by atoms with Crippen LogP contribution < -0.4 is 10.5 Å². The van der Waals surface area contributed by atoms with Gasteiger partial charge in [-0.1, -0.05) is 17.7 Å². The Morgan fingerprint density at radius 3 is 2.59 bits per heavy atom. The third kappa shape index (κ3) is 2.78. The monoisotopic (exact) mass is 231 g/mol. The molecule has 0 spiro atoms. The predicted octanol–water partition coefficient (Wildman–Crippen LogP) is 2.37. The Labute approximate surface area is 101 Å². The van der Waals surface area contributed by atoms with Crippen molar-refractivity contribution >= 4 is 5.82 Å². The summed E-state index contributed by atoms with van der Waals surface area (Å²) in [5.41, 5.74) is 7.86. The molecule has 17 heavy (non-hydrogen) atoms. The van der Waals surface area contributed by atoms with Gasteiger partial charge in [0.2, 0.25) is 0 Å². The van der Waals surface area contributed by atoms with E-state index in [2.05, 4.69) is 5.10 Å². The van der Waals surface area contributed by atoms with Gasteiger partial charge in [0.25, 0.3) is 0 Å². The standard InChI is InChI=1S/C13H17N3O/c1-3-16-13(14)8-11(15-16)9-17-12-6-4-10(2)5-7-12/h4-8H,3,9,14H2,1-2H3. The minimum Gasteiger partial charge on any atom is -0.487 e. The average Bonchev–Trinajstić information content (AvgIpc) is 2.69. The maximum atomic E-state index is 5.79. The zero-order valence-electron chi connectivity index (χ0n) is 10.2. The summed E-state index contributed by atoms with van der Waals surface area (Å²) in [6, 6.07) is 9.80. The molecule has 0 bridgehead atoms. The summed E-state index contributed by atoms with van der Waals surface area (Å²) in [6.45, 7) is 5.28. The van der Waals surface area contributed by atoms with Crippen LogP contribution in [0.15, 0.2) is 30.3 Å². The van der Waals surface area contributed by atoms with Crippen molar-refractivity contribution < 1.29 is 4.74 Å². The van der Waals surface area contributed by atoms with Crippen molar-refractivity contribution in [3.05, 3.63) is 41.6 Å². The first kappa shape index (κ1) is 11.5. The number of aromatic nitrogens is 2. The van der Waals surface area contributed by atoms with E-state index >= 15 is 0 Å². The molecule has 1 heterocycles. The lowest BCUT2D eigenvalue weighted by molar-refractivity contribution is 0.299. The number of benzene rings is 1. The van der Waals surface area contributed by atoms with Crippen molar-refractivity contribution in [2.24, 2.45) is 0 Å². The lowest BCUT2D eigenvalue weighted by atomic mass is 10.2. The fraction of sp³-hybridized carbons (Fsp3) is 0.308. The molecular weight excluding hydrogens is 214 g/mol. The number of aryl methyl sites for hydroxylation is 2. The molecule has 90 valence electrons. The molecule has 0 atom stereocenters. The van der Waals surface area contributed by atoms with Crippen LogP contribution in [0.4, 0.5) is 5.82 Å². The van der Waals surface area contributed by atoms with Crippen molar-refractivity contribution in [3.63, 3.8) is 0 Å². The fourth-order valence-electron chi connectivity index (χ4n) is 1.60. The number of nitrogens with two attached hydrogens (primary N) is 1. The van der Waals surface area contributed by atoms with Gasteiger partial charge in [-0.25, -0.2) is 0 Å². The van der Waals surface area contributed by atoms with Gasteiger partial charge in [-0.15, -0.1) is 0 Å². The third-order valence-corrected chi connectivity index (χ3v) is 2.57. The molecule has 1 aromatic heterocycles. The smallest absolute Gasteiger partial charge is 0.132 e. The van der Waals surface area contributed by atoms with Crippen LogP contribution in [0.5, 0.6) is 5.75 Å². The van der Waals surface area contributed by atoms with E-state index in [-0.39, 0.29) is 0 Å². The number of nitrogen functional groups attached to an aromatic ring is 1. The highest BCUT2D eigenvalue weighted by molar-refractivity contribution is 5.31. The van der Waals surface area contributed by atoms with E-state index in [0.717, 1.165) is 18.0 Å². The lowest BCUT2D eigenvalue weighted by Gasteiger charge is -2.04. The lowest BCUT2D eigenvalue weighted by Crippen LogP contribution is -2.02. The van der Waals surface area contributed by atoms with Gasteiger partial charge in [0, 0.05) is 12.6 Å². The molecule has 0 aliphatic heterocycles. The first-order chi connectivity index (χ1) is 8.19. The van der Waals surface area contributed by atoms with Crippen LogP contribution in [0.2, 0.25) is 0 Å². The van der Waals surface area contributed by atoms with Crippen LogP contribution in [0.1, 0.15) is 18.2 Å². The van der Waals surface area contributed by atoms with Gasteiger partial charge in [-0.2, -0.15) is 5.10 Å². The number of hydrogen-bond donors (Lipinski definition) is 1. The Balaban J connectivity index is 1.99. The van der Waals surface area contributed by atoms with Gasteiger partial charge in [-0.05, 0) is 26.0 Å². The van der Waals surface area contributed by atoms with E-state index < -0.39 is 0 Å². The third-order valence-electron chi connectivity index (χ3n) is 2.57. The molecule has 2 rings (SSSR count). The number of anilines is 1.